The van der Waals surface area contributed by atoms with Gasteiger partial charge in [0.25, 0.3) is 0 Å². The molecule has 1 aromatic heterocycles. The van der Waals surface area contributed by atoms with Crippen LogP contribution in [0.5, 0.6) is 0 Å². The monoisotopic (exact) mass is 260 g/mol. The number of hydrogen-bond acceptors (Lipinski definition) is 2. The van der Waals surface area contributed by atoms with Crippen molar-refractivity contribution in [2.45, 2.75) is 39.8 Å². The molecular weight excluding hydrogens is 240 g/mol. The number of hydrogen-bond donors (Lipinski definition) is 2. The number of carbonyl (C=O) groups is 1. The summed E-state index contributed by atoms with van der Waals surface area (Å²) in [7, 11) is 0. The van der Waals surface area contributed by atoms with Gasteiger partial charge in [0.15, 0.2) is 0 Å². The molecule has 3 N–H and O–H groups in total. The highest BCUT2D eigenvalue weighted by atomic mass is 16.4. The maximum Gasteiger partial charge on any atom is 0.325 e. The molecule has 1 unspecified atom stereocenters. The fourth-order valence-electron chi connectivity index (χ4n) is 2.85. The molecule has 0 fully saturated rings. The third-order valence-corrected chi connectivity index (χ3v) is 3.61. The van der Waals surface area contributed by atoms with E-state index in [9.17, 15) is 9.90 Å². The predicted molar refractivity (Wildman–Crippen MR) is 76.4 cm³/mol. The summed E-state index contributed by atoms with van der Waals surface area (Å²) in [5.74, 6) is -0.993. The number of carboxylic acid groups (broad SMARTS) is 1. The van der Waals surface area contributed by atoms with Crippen LogP contribution >= 0.6 is 0 Å². The van der Waals surface area contributed by atoms with Crippen molar-refractivity contribution < 1.29 is 9.90 Å². The first-order valence-electron chi connectivity index (χ1n) is 6.44. The van der Waals surface area contributed by atoms with Crippen molar-refractivity contribution in [3.63, 3.8) is 0 Å². The molecule has 0 radical (unpaired) electrons. The van der Waals surface area contributed by atoms with Crippen molar-refractivity contribution in [1.82, 2.24) is 4.57 Å². The number of para-hydroxylation sites is 1. The first-order chi connectivity index (χ1) is 8.86. The van der Waals surface area contributed by atoms with Gasteiger partial charge in [0.05, 0.1) is 5.52 Å². The van der Waals surface area contributed by atoms with Crippen molar-refractivity contribution in [3.05, 3.63) is 35.0 Å². The topological polar surface area (TPSA) is 68.2 Å². The fourth-order valence-corrected chi connectivity index (χ4v) is 2.85. The highest BCUT2D eigenvalue weighted by molar-refractivity contribution is 5.92. The second kappa shape index (κ2) is 4.70. The van der Waals surface area contributed by atoms with Crippen LogP contribution in [0, 0.1) is 13.8 Å². The first-order valence-corrected chi connectivity index (χ1v) is 6.44. The molecule has 19 heavy (non-hydrogen) atoms. The largest absolute Gasteiger partial charge is 0.480 e. The number of carboxylic acids is 1. The highest BCUT2D eigenvalue weighted by Gasteiger charge is 2.25. The van der Waals surface area contributed by atoms with Crippen LogP contribution in [-0.4, -0.2) is 15.6 Å². The summed E-state index contributed by atoms with van der Waals surface area (Å²) in [5.41, 5.74) is 9.74. The Kier molecular flexibility index (Phi) is 3.37. The maximum absolute atomic E-state index is 11.2. The normalized spacial score (nSPS) is 13.2. The van der Waals surface area contributed by atoms with E-state index in [4.69, 9.17) is 5.73 Å². The van der Waals surface area contributed by atoms with Gasteiger partial charge >= 0.3 is 5.97 Å². The summed E-state index contributed by atoms with van der Waals surface area (Å²) in [5, 5.41) is 10.1. The first kappa shape index (κ1) is 13.6. The summed E-state index contributed by atoms with van der Waals surface area (Å²) in [4.78, 5) is 11.2. The van der Waals surface area contributed by atoms with E-state index in [1.807, 2.05) is 32.0 Å². The van der Waals surface area contributed by atoms with Gasteiger partial charge in [-0.05, 0) is 33.3 Å². The Hall–Kier alpha value is -1.81. The second-order valence-corrected chi connectivity index (χ2v) is 5.25. The van der Waals surface area contributed by atoms with Gasteiger partial charge in [-0.25, -0.2) is 0 Å². The van der Waals surface area contributed by atoms with Crippen molar-refractivity contribution in [2.75, 3.05) is 0 Å². The second-order valence-electron chi connectivity index (χ2n) is 5.25. The van der Waals surface area contributed by atoms with Gasteiger partial charge in [-0.2, -0.15) is 0 Å². The summed E-state index contributed by atoms with van der Waals surface area (Å²) >= 11 is 0. The summed E-state index contributed by atoms with van der Waals surface area (Å²) < 4.78 is 2.17. The number of nitrogens with two attached hydrogens (primary N) is 1. The van der Waals surface area contributed by atoms with Crippen molar-refractivity contribution in [2.24, 2.45) is 5.73 Å². The van der Waals surface area contributed by atoms with Gasteiger partial charge in [-0.3, -0.25) is 4.79 Å². The number of aliphatic carboxylic acids is 1. The molecule has 0 spiro atoms. The SMILES string of the molecule is Cc1cccc2c(C(N)C(=O)O)c(C)n(C(C)C)c12. The van der Waals surface area contributed by atoms with E-state index < -0.39 is 12.0 Å². The van der Waals surface area contributed by atoms with Gasteiger partial charge in [0, 0.05) is 22.7 Å². The van der Waals surface area contributed by atoms with E-state index in [-0.39, 0.29) is 6.04 Å². The minimum Gasteiger partial charge on any atom is -0.480 e. The molecule has 102 valence electrons. The van der Waals surface area contributed by atoms with Gasteiger partial charge in [0.2, 0.25) is 0 Å². The molecule has 4 nitrogen and oxygen atoms in total. The predicted octanol–water partition coefficient (Wildman–Crippen LogP) is 2.92. The standard InChI is InChI=1S/C15H20N2O2/c1-8(2)17-10(4)12(13(16)15(18)19)11-7-5-6-9(3)14(11)17/h5-8,13H,16H2,1-4H3,(H,18,19). The average molecular weight is 260 g/mol. The lowest BCUT2D eigenvalue weighted by Gasteiger charge is -2.14. The Bertz CT molecular complexity index is 641. The number of aromatic nitrogens is 1. The van der Waals surface area contributed by atoms with Crippen molar-refractivity contribution in [1.29, 1.82) is 0 Å². The van der Waals surface area contributed by atoms with Crippen LogP contribution in [0.25, 0.3) is 10.9 Å². The highest BCUT2D eigenvalue weighted by Crippen LogP contribution is 2.34. The molecule has 0 aliphatic heterocycles. The van der Waals surface area contributed by atoms with Crippen LogP contribution in [0.3, 0.4) is 0 Å². The van der Waals surface area contributed by atoms with Crippen LogP contribution in [0.1, 0.15) is 42.8 Å². The smallest absolute Gasteiger partial charge is 0.325 e. The molecule has 4 heteroatoms. The number of aryl methyl sites for hydroxylation is 1. The molecule has 0 saturated carbocycles. The van der Waals surface area contributed by atoms with E-state index in [2.05, 4.69) is 18.4 Å². The van der Waals surface area contributed by atoms with Crippen molar-refractivity contribution >= 4 is 16.9 Å². The van der Waals surface area contributed by atoms with Crippen LogP contribution in [0.2, 0.25) is 0 Å². The molecule has 0 bridgehead atoms. The van der Waals surface area contributed by atoms with Crippen LogP contribution in [0.4, 0.5) is 0 Å². The lowest BCUT2D eigenvalue weighted by molar-refractivity contribution is -0.138. The van der Waals surface area contributed by atoms with Gasteiger partial charge < -0.3 is 15.4 Å². The number of benzene rings is 1. The lowest BCUT2D eigenvalue weighted by Crippen LogP contribution is -2.21. The molecule has 2 rings (SSSR count). The van der Waals surface area contributed by atoms with E-state index in [0.29, 0.717) is 0 Å². The Labute approximate surface area is 112 Å². The molecule has 1 heterocycles. The van der Waals surface area contributed by atoms with Gasteiger partial charge in [-0.1, -0.05) is 18.2 Å². The number of nitrogens with zero attached hydrogens (tertiary/aromatic N) is 1. The van der Waals surface area contributed by atoms with Crippen molar-refractivity contribution in [3.8, 4) is 0 Å². The summed E-state index contributed by atoms with van der Waals surface area (Å²) in [6.45, 7) is 8.16. The molecule has 2 aromatic rings. The van der Waals surface area contributed by atoms with Crippen LogP contribution in [0.15, 0.2) is 18.2 Å². The van der Waals surface area contributed by atoms with E-state index >= 15 is 0 Å². The number of rotatable bonds is 3. The zero-order valence-electron chi connectivity index (χ0n) is 11.8. The zero-order chi connectivity index (χ0) is 14.3. The zero-order valence-corrected chi connectivity index (χ0v) is 11.8. The molecule has 0 amide bonds. The van der Waals surface area contributed by atoms with Gasteiger partial charge in [-0.15, -0.1) is 0 Å². The minimum atomic E-state index is -0.993. The third kappa shape index (κ3) is 2.02. The van der Waals surface area contributed by atoms with Gasteiger partial charge in [0.1, 0.15) is 6.04 Å². The fraction of sp³-hybridized carbons (Fsp3) is 0.400. The minimum absolute atomic E-state index is 0.262. The van der Waals surface area contributed by atoms with Crippen LogP contribution < -0.4 is 5.73 Å². The Balaban J connectivity index is 2.89. The lowest BCUT2D eigenvalue weighted by atomic mass is 10.0. The molecule has 0 saturated heterocycles. The van der Waals surface area contributed by atoms with Crippen LogP contribution in [-0.2, 0) is 4.79 Å². The molecule has 0 aliphatic rings. The molecule has 0 aliphatic carbocycles. The third-order valence-electron chi connectivity index (χ3n) is 3.61. The molecule has 1 atom stereocenters. The summed E-state index contributed by atoms with van der Waals surface area (Å²) in [6, 6.07) is 5.21. The average Bonchev–Trinajstić information content (AvgIpc) is 2.62. The quantitative estimate of drug-likeness (QED) is 0.891. The molecule has 1 aromatic carbocycles. The van der Waals surface area contributed by atoms with E-state index in [1.54, 1.807) is 0 Å². The Morgan fingerprint density at radius 3 is 2.47 bits per heavy atom. The Morgan fingerprint density at radius 2 is 1.95 bits per heavy atom. The van der Waals surface area contributed by atoms with E-state index in [0.717, 1.165) is 27.7 Å². The summed E-state index contributed by atoms with van der Waals surface area (Å²) in [6.07, 6.45) is 0. The Morgan fingerprint density at radius 1 is 1.32 bits per heavy atom. The van der Waals surface area contributed by atoms with E-state index in [1.165, 1.54) is 0 Å². The molecular formula is C15H20N2O2. The maximum atomic E-state index is 11.2. The number of fused-ring (bicyclic) bond motifs is 1.